The number of esters is 1. The molecule has 98 valence electrons. The highest BCUT2D eigenvalue weighted by Crippen LogP contribution is 2.03. The van der Waals surface area contributed by atoms with E-state index in [-0.39, 0.29) is 18.9 Å². The van der Waals surface area contributed by atoms with Gasteiger partial charge in [0.25, 0.3) is 0 Å². The second-order valence-corrected chi connectivity index (χ2v) is 3.81. The molecule has 18 heavy (non-hydrogen) atoms. The van der Waals surface area contributed by atoms with Crippen LogP contribution in [0.4, 0.5) is 0 Å². The number of carbonyl (C=O) groups excluding carboxylic acids is 2. The van der Waals surface area contributed by atoms with E-state index in [0.29, 0.717) is 0 Å². The molecule has 0 fully saturated rings. The fourth-order valence-corrected chi connectivity index (χ4v) is 1.46. The SMILES string of the molecule is CNC(=O)[C@H](CC(=O)OCc1ccccc1)NC. The molecule has 0 saturated heterocycles. The van der Waals surface area contributed by atoms with Crippen LogP contribution in [0.3, 0.4) is 0 Å². The topological polar surface area (TPSA) is 67.4 Å². The zero-order valence-electron chi connectivity index (χ0n) is 10.6. The highest BCUT2D eigenvalue weighted by molar-refractivity contribution is 5.86. The van der Waals surface area contributed by atoms with E-state index in [2.05, 4.69) is 10.6 Å². The van der Waals surface area contributed by atoms with Crippen molar-refractivity contribution in [3.05, 3.63) is 35.9 Å². The van der Waals surface area contributed by atoms with Gasteiger partial charge in [-0.2, -0.15) is 0 Å². The summed E-state index contributed by atoms with van der Waals surface area (Å²) < 4.78 is 5.10. The maximum Gasteiger partial charge on any atom is 0.308 e. The summed E-state index contributed by atoms with van der Waals surface area (Å²) in [5, 5.41) is 5.25. The van der Waals surface area contributed by atoms with E-state index in [9.17, 15) is 9.59 Å². The first-order valence-electron chi connectivity index (χ1n) is 5.75. The number of benzene rings is 1. The Balaban J connectivity index is 2.39. The molecule has 0 unspecified atom stereocenters. The van der Waals surface area contributed by atoms with Crippen molar-refractivity contribution in [3.8, 4) is 0 Å². The average molecular weight is 250 g/mol. The molecule has 1 atom stereocenters. The second-order valence-electron chi connectivity index (χ2n) is 3.81. The first-order valence-corrected chi connectivity index (χ1v) is 5.75. The van der Waals surface area contributed by atoms with E-state index in [1.807, 2.05) is 30.3 Å². The van der Waals surface area contributed by atoms with Gasteiger partial charge < -0.3 is 15.4 Å². The van der Waals surface area contributed by atoms with Crippen molar-refractivity contribution in [1.29, 1.82) is 0 Å². The minimum Gasteiger partial charge on any atom is -0.461 e. The summed E-state index contributed by atoms with van der Waals surface area (Å²) in [5.74, 6) is -0.629. The van der Waals surface area contributed by atoms with Crippen LogP contribution in [0.2, 0.25) is 0 Å². The number of likely N-dealkylation sites (N-methyl/N-ethyl adjacent to an activating group) is 2. The van der Waals surface area contributed by atoms with Crippen LogP contribution in [0.15, 0.2) is 30.3 Å². The number of hydrogen-bond acceptors (Lipinski definition) is 4. The van der Waals surface area contributed by atoms with Gasteiger partial charge in [-0.1, -0.05) is 30.3 Å². The largest absolute Gasteiger partial charge is 0.461 e. The van der Waals surface area contributed by atoms with Crippen LogP contribution in [-0.4, -0.2) is 32.0 Å². The van der Waals surface area contributed by atoms with E-state index in [4.69, 9.17) is 4.74 Å². The van der Waals surface area contributed by atoms with Crippen LogP contribution in [0.1, 0.15) is 12.0 Å². The predicted octanol–water partition coefficient (Wildman–Crippen LogP) is 0.454. The van der Waals surface area contributed by atoms with Crippen LogP contribution in [0.5, 0.6) is 0 Å². The zero-order valence-corrected chi connectivity index (χ0v) is 10.6. The summed E-state index contributed by atoms with van der Waals surface area (Å²) in [7, 11) is 3.16. The van der Waals surface area contributed by atoms with Gasteiger partial charge in [0.15, 0.2) is 0 Å². The van der Waals surface area contributed by atoms with Crippen LogP contribution in [-0.2, 0) is 20.9 Å². The van der Waals surface area contributed by atoms with Gasteiger partial charge in [0, 0.05) is 7.05 Å². The van der Waals surface area contributed by atoms with Crippen LogP contribution >= 0.6 is 0 Å². The number of rotatable bonds is 6. The number of nitrogens with one attached hydrogen (secondary N) is 2. The van der Waals surface area contributed by atoms with Crippen molar-refractivity contribution in [2.75, 3.05) is 14.1 Å². The molecular weight excluding hydrogens is 232 g/mol. The quantitative estimate of drug-likeness (QED) is 0.720. The van der Waals surface area contributed by atoms with Gasteiger partial charge in [-0.25, -0.2) is 0 Å². The van der Waals surface area contributed by atoms with Crippen molar-refractivity contribution in [3.63, 3.8) is 0 Å². The molecule has 2 N–H and O–H groups in total. The normalized spacial score (nSPS) is 11.7. The maximum absolute atomic E-state index is 11.6. The summed E-state index contributed by atoms with van der Waals surface area (Å²) in [6.07, 6.45) is 0.0169. The minimum absolute atomic E-state index is 0.0169. The Morgan fingerprint density at radius 2 is 1.89 bits per heavy atom. The summed E-state index contributed by atoms with van der Waals surface area (Å²) >= 11 is 0. The van der Waals surface area contributed by atoms with Crippen molar-refractivity contribution in [2.45, 2.75) is 19.1 Å². The first-order chi connectivity index (χ1) is 8.67. The van der Waals surface area contributed by atoms with Crippen molar-refractivity contribution < 1.29 is 14.3 Å². The van der Waals surface area contributed by atoms with Gasteiger partial charge in [0.1, 0.15) is 6.61 Å². The lowest BCUT2D eigenvalue weighted by Crippen LogP contribution is -2.42. The molecule has 1 aromatic carbocycles. The Morgan fingerprint density at radius 1 is 1.22 bits per heavy atom. The van der Waals surface area contributed by atoms with Gasteiger partial charge in [0.05, 0.1) is 12.5 Å². The molecule has 0 heterocycles. The molecule has 0 aliphatic carbocycles. The molecule has 0 radical (unpaired) electrons. The van der Waals surface area contributed by atoms with E-state index in [1.54, 1.807) is 7.05 Å². The summed E-state index contributed by atoms with van der Waals surface area (Å²) in [5.41, 5.74) is 0.923. The van der Waals surface area contributed by atoms with Crippen molar-refractivity contribution in [2.24, 2.45) is 0 Å². The van der Waals surface area contributed by atoms with E-state index >= 15 is 0 Å². The third-order valence-electron chi connectivity index (χ3n) is 2.52. The standard InChI is InChI=1S/C13H18N2O3/c1-14-11(13(17)15-2)8-12(16)18-9-10-6-4-3-5-7-10/h3-7,11,14H,8-9H2,1-2H3,(H,15,17)/t11-/m0/s1. The molecule has 1 aromatic rings. The van der Waals surface area contributed by atoms with Crippen LogP contribution in [0.25, 0.3) is 0 Å². The van der Waals surface area contributed by atoms with Gasteiger partial charge >= 0.3 is 5.97 Å². The Morgan fingerprint density at radius 3 is 2.44 bits per heavy atom. The lowest BCUT2D eigenvalue weighted by atomic mass is 10.2. The third kappa shape index (κ3) is 4.55. The predicted molar refractivity (Wildman–Crippen MR) is 67.8 cm³/mol. The number of ether oxygens (including phenoxy) is 1. The highest BCUT2D eigenvalue weighted by atomic mass is 16.5. The Bertz CT molecular complexity index is 392. The molecular formula is C13H18N2O3. The molecule has 0 aromatic heterocycles. The molecule has 0 spiro atoms. The molecule has 5 heteroatoms. The van der Waals surface area contributed by atoms with Gasteiger partial charge in [-0.15, -0.1) is 0 Å². The van der Waals surface area contributed by atoms with Crippen LogP contribution < -0.4 is 10.6 Å². The number of amides is 1. The monoisotopic (exact) mass is 250 g/mol. The van der Waals surface area contributed by atoms with Crippen molar-refractivity contribution in [1.82, 2.24) is 10.6 Å². The highest BCUT2D eigenvalue weighted by Gasteiger charge is 2.19. The van der Waals surface area contributed by atoms with E-state index in [0.717, 1.165) is 5.56 Å². The Kier molecular flexibility index (Phi) is 5.87. The van der Waals surface area contributed by atoms with Crippen molar-refractivity contribution >= 4 is 11.9 Å². The summed E-state index contributed by atoms with van der Waals surface area (Å²) in [6, 6.07) is 8.85. The van der Waals surface area contributed by atoms with Crippen LogP contribution in [0, 0.1) is 0 Å². The maximum atomic E-state index is 11.6. The van der Waals surface area contributed by atoms with E-state index in [1.165, 1.54) is 7.05 Å². The fraction of sp³-hybridized carbons (Fsp3) is 0.385. The molecule has 0 bridgehead atoms. The molecule has 5 nitrogen and oxygen atoms in total. The molecule has 1 rings (SSSR count). The minimum atomic E-state index is -0.557. The average Bonchev–Trinajstić information content (AvgIpc) is 2.42. The van der Waals surface area contributed by atoms with E-state index < -0.39 is 12.0 Å². The van der Waals surface area contributed by atoms with Gasteiger partial charge in [-0.3, -0.25) is 9.59 Å². The smallest absolute Gasteiger partial charge is 0.308 e. The Labute approximate surface area is 107 Å². The summed E-state index contributed by atoms with van der Waals surface area (Å²) in [4.78, 5) is 22.9. The molecule has 0 aliphatic rings. The van der Waals surface area contributed by atoms with Gasteiger partial charge in [0.2, 0.25) is 5.91 Å². The molecule has 0 saturated carbocycles. The lowest BCUT2D eigenvalue weighted by molar-refractivity contribution is -0.147. The lowest BCUT2D eigenvalue weighted by Gasteiger charge is -2.13. The molecule has 0 aliphatic heterocycles. The molecule has 1 amide bonds. The van der Waals surface area contributed by atoms with Gasteiger partial charge in [-0.05, 0) is 12.6 Å². The zero-order chi connectivity index (χ0) is 13.4. The first kappa shape index (κ1) is 14.2. The summed E-state index contributed by atoms with van der Waals surface area (Å²) in [6.45, 7) is 0.226. The third-order valence-corrected chi connectivity index (χ3v) is 2.52. The number of hydrogen-bond donors (Lipinski definition) is 2. The second kappa shape index (κ2) is 7.45. The Hall–Kier alpha value is -1.88. The fourth-order valence-electron chi connectivity index (χ4n) is 1.46. The number of carbonyl (C=O) groups is 2.